The fraction of sp³-hybridized carbons (Fsp3) is 0.385. The highest BCUT2D eigenvalue weighted by atomic mass is 16.5. The number of hydrogen-bond donors (Lipinski definition) is 1. The third-order valence-electron chi connectivity index (χ3n) is 3.16. The molecule has 0 aliphatic carbocycles. The SMILES string of the molecule is COC(c1ccccc1)c1noc(C2CNC2)n1. The Morgan fingerprint density at radius 2 is 2.11 bits per heavy atom. The van der Waals surface area contributed by atoms with Crippen LogP contribution in [0, 0.1) is 0 Å². The van der Waals surface area contributed by atoms with Gasteiger partial charge in [-0.3, -0.25) is 0 Å². The molecule has 1 aromatic heterocycles. The molecule has 1 aliphatic rings. The molecule has 5 nitrogen and oxygen atoms in total. The van der Waals surface area contributed by atoms with Gasteiger partial charge >= 0.3 is 0 Å². The summed E-state index contributed by atoms with van der Waals surface area (Å²) in [7, 11) is 1.65. The van der Waals surface area contributed by atoms with Crippen molar-refractivity contribution >= 4 is 0 Å². The van der Waals surface area contributed by atoms with Gasteiger partial charge in [-0.15, -0.1) is 0 Å². The molecule has 2 aromatic rings. The van der Waals surface area contributed by atoms with Crippen LogP contribution >= 0.6 is 0 Å². The summed E-state index contributed by atoms with van der Waals surface area (Å²) in [6, 6.07) is 9.90. The molecule has 0 radical (unpaired) electrons. The van der Waals surface area contributed by atoms with Gasteiger partial charge in [0.2, 0.25) is 11.7 Å². The second-order valence-corrected chi connectivity index (χ2v) is 4.37. The van der Waals surface area contributed by atoms with E-state index in [1.165, 1.54) is 0 Å². The molecule has 1 atom stereocenters. The lowest BCUT2D eigenvalue weighted by atomic mass is 10.0. The van der Waals surface area contributed by atoms with Crippen LogP contribution in [0.4, 0.5) is 0 Å². The second-order valence-electron chi connectivity index (χ2n) is 4.37. The first-order valence-electron chi connectivity index (χ1n) is 6.00. The van der Waals surface area contributed by atoms with Crippen molar-refractivity contribution in [1.29, 1.82) is 0 Å². The van der Waals surface area contributed by atoms with Crippen molar-refractivity contribution in [2.45, 2.75) is 12.0 Å². The zero-order valence-electron chi connectivity index (χ0n) is 10.2. The van der Waals surface area contributed by atoms with Crippen LogP contribution in [0.5, 0.6) is 0 Å². The highest BCUT2D eigenvalue weighted by Crippen LogP contribution is 2.25. The molecule has 18 heavy (non-hydrogen) atoms. The largest absolute Gasteiger partial charge is 0.369 e. The summed E-state index contributed by atoms with van der Waals surface area (Å²) in [5, 5.41) is 7.21. The predicted octanol–water partition coefficient (Wildman–Crippen LogP) is 1.49. The highest BCUT2D eigenvalue weighted by Gasteiger charge is 2.27. The van der Waals surface area contributed by atoms with Crippen LogP contribution in [-0.2, 0) is 4.74 Å². The van der Waals surface area contributed by atoms with E-state index in [2.05, 4.69) is 15.5 Å². The van der Waals surface area contributed by atoms with Gasteiger partial charge in [0.25, 0.3) is 0 Å². The summed E-state index contributed by atoms with van der Waals surface area (Å²) < 4.78 is 10.8. The third-order valence-corrected chi connectivity index (χ3v) is 3.16. The molecule has 0 saturated carbocycles. The van der Waals surface area contributed by atoms with Crippen molar-refractivity contribution < 1.29 is 9.26 Å². The van der Waals surface area contributed by atoms with E-state index in [1.54, 1.807) is 7.11 Å². The third kappa shape index (κ3) is 2.02. The van der Waals surface area contributed by atoms with E-state index in [-0.39, 0.29) is 6.10 Å². The first kappa shape index (κ1) is 11.4. The van der Waals surface area contributed by atoms with Gasteiger partial charge < -0.3 is 14.6 Å². The highest BCUT2D eigenvalue weighted by molar-refractivity contribution is 5.22. The molecule has 94 valence electrons. The average Bonchev–Trinajstić information content (AvgIpc) is 2.78. The van der Waals surface area contributed by atoms with Gasteiger partial charge in [-0.2, -0.15) is 4.98 Å². The number of methoxy groups -OCH3 is 1. The van der Waals surface area contributed by atoms with Gasteiger partial charge in [0, 0.05) is 20.2 Å². The Hall–Kier alpha value is -1.72. The average molecular weight is 245 g/mol. The Bertz CT molecular complexity index is 508. The fourth-order valence-electron chi connectivity index (χ4n) is 2.00. The first-order chi connectivity index (χ1) is 8.88. The standard InChI is InChI=1S/C13H15N3O2/c1-17-11(9-5-3-2-4-6-9)12-15-13(18-16-12)10-7-14-8-10/h2-6,10-11,14H,7-8H2,1H3. The van der Waals surface area contributed by atoms with Crippen LogP contribution in [0.3, 0.4) is 0 Å². The molecule has 1 aromatic carbocycles. The maximum absolute atomic E-state index is 5.47. The summed E-state index contributed by atoms with van der Waals surface area (Å²) in [6.07, 6.45) is -0.267. The molecule has 1 unspecified atom stereocenters. The molecular formula is C13H15N3O2. The molecule has 1 fully saturated rings. The van der Waals surface area contributed by atoms with Gasteiger partial charge in [0.05, 0.1) is 5.92 Å². The molecule has 0 amide bonds. The van der Waals surface area contributed by atoms with Crippen LogP contribution in [0.15, 0.2) is 34.9 Å². The van der Waals surface area contributed by atoms with Crippen molar-refractivity contribution in [2.75, 3.05) is 20.2 Å². The molecule has 0 spiro atoms. The van der Waals surface area contributed by atoms with E-state index in [4.69, 9.17) is 9.26 Å². The number of rotatable bonds is 4. The number of aromatic nitrogens is 2. The number of benzene rings is 1. The monoisotopic (exact) mass is 245 g/mol. The molecule has 1 aliphatic heterocycles. The van der Waals surface area contributed by atoms with E-state index in [1.807, 2.05) is 30.3 Å². The zero-order valence-corrected chi connectivity index (χ0v) is 10.2. The van der Waals surface area contributed by atoms with Crippen molar-refractivity contribution in [2.24, 2.45) is 0 Å². The van der Waals surface area contributed by atoms with Crippen molar-refractivity contribution in [3.05, 3.63) is 47.6 Å². The lowest BCUT2D eigenvalue weighted by molar-refractivity contribution is 0.126. The van der Waals surface area contributed by atoms with Crippen LogP contribution in [0.2, 0.25) is 0 Å². The quantitative estimate of drug-likeness (QED) is 0.884. The molecule has 5 heteroatoms. The fourth-order valence-corrected chi connectivity index (χ4v) is 2.00. The normalized spacial score (nSPS) is 17.4. The Morgan fingerprint density at radius 1 is 1.33 bits per heavy atom. The van der Waals surface area contributed by atoms with E-state index in [9.17, 15) is 0 Å². The summed E-state index contributed by atoms with van der Waals surface area (Å²) in [4.78, 5) is 4.44. The summed E-state index contributed by atoms with van der Waals surface area (Å²) in [6.45, 7) is 1.81. The smallest absolute Gasteiger partial charge is 0.232 e. The van der Waals surface area contributed by atoms with Gasteiger partial charge in [0.1, 0.15) is 6.10 Å². The Labute approximate surface area is 105 Å². The lowest BCUT2D eigenvalue weighted by Gasteiger charge is -2.22. The Balaban J connectivity index is 1.85. The van der Waals surface area contributed by atoms with Crippen LogP contribution in [0.25, 0.3) is 0 Å². The van der Waals surface area contributed by atoms with E-state index >= 15 is 0 Å². The Kier molecular flexibility index (Phi) is 3.08. The second kappa shape index (κ2) is 4.88. The van der Waals surface area contributed by atoms with E-state index < -0.39 is 0 Å². The zero-order chi connectivity index (χ0) is 12.4. The van der Waals surface area contributed by atoms with Crippen LogP contribution < -0.4 is 5.32 Å². The van der Waals surface area contributed by atoms with Gasteiger partial charge in [-0.25, -0.2) is 0 Å². The molecule has 1 saturated heterocycles. The van der Waals surface area contributed by atoms with Crippen LogP contribution in [-0.4, -0.2) is 30.3 Å². The molecule has 0 bridgehead atoms. The topological polar surface area (TPSA) is 60.2 Å². The van der Waals surface area contributed by atoms with Gasteiger partial charge in [0.15, 0.2) is 0 Å². The molecule has 2 heterocycles. The molecule has 3 rings (SSSR count). The summed E-state index contributed by atoms with van der Waals surface area (Å²) in [5.74, 6) is 1.63. The van der Waals surface area contributed by atoms with Crippen molar-refractivity contribution in [3.63, 3.8) is 0 Å². The number of hydrogen-bond acceptors (Lipinski definition) is 5. The number of nitrogens with zero attached hydrogens (tertiary/aromatic N) is 2. The minimum Gasteiger partial charge on any atom is -0.369 e. The van der Waals surface area contributed by atoms with Crippen LogP contribution in [0.1, 0.15) is 29.3 Å². The van der Waals surface area contributed by atoms with Gasteiger partial charge in [-0.05, 0) is 5.56 Å². The molecular weight excluding hydrogens is 230 g/mol. The van der Waals surface area contributed by atoms with E-state index in [0.29, 0.717) is 17.6 Å². The van der Waals surface area contributed by atoms with Crippen molar-refractivity contribution in [1.82, 2.24) is 15.5 Å². The van der Waals surface area contributed by atoms with E-state index in [0.717, 1.165) is 18.7 Å². The predicted molar refractivity (Wildman–Crippen MR) is 65.2 cm³/mol. The molecule has 1 N–H and O–H groups in total. The first-order valence-corrected chi connectivity index (χ1v) is 6.00. The summed E-state index contributed by atoms with van der Waals surface area (Å²) in [5.41, 5.74) is 1.03. The maximum atomic E-state index is 5.47. The maximum Gasteiger partial charge on any atom is 0.232 e. The van der Waals surface area contributed by atoms with Gasteiger partial charge in [-0.1, -0.05) is 35.5 Å². The minimum atomic E-state index is -0.267. The van der Waals surface area contributed by atoms with Crippen molar-refractivity contribution in [3.8, 4) is 0 Å². The lowest BCUT2D eigenvalue weighted by Crippen LogP contribution is -2.40. The number of nitrogens with one attached hydrogen (secondary N) is 1. The minimum absolute atomic E-state index is 0.267. The number of ether oxygens (including phenoxy) is 1. The summed E-state index contributed by atoms with van der Waals surface area (Å²) >= 11 is 0. The Morgan fingerprint density at radius 3 is 2.72 bits per heavy atom.